The van der Waals surface area contributed by atoms with E-state index in [9.17, 15) is 4.79 Å². The van der Waals surface area contributed by atoms with Crippen molar-refractivity contribution in [1.29, 1.82) is 0 Å². The molecule has 0 saturated heterocycles. The maximum absolute atomic E-state index is 12.4. The minimum Gasteiger partial charge on any atom is -0.339 e. The second-order valence-corrected chi connectivity index (χ2v) is 6.58. The lowest BCUT2D eigenvalue weighted by Crippen LogP contribution is -2.15. The monoisotopic (exact) mass is 366 g/mol. The molecule has 26 heavy (non-hydrogen) atoms. The lowest BCUT2D eigenvalue weighted by atomic mass is 10.1. The Hall–Kier alpha value is -2.92. The predicted molar refractivity (Wildman–Crippen MR) is 105 cm³/mol. The molecular weight excluding hydrogens is 348 g/mol. The molecule has 0 atom stereocenters. The highest BCUT2D eigenvalue weighted by Gasteiger charge is 2.13. The summed E-state index contributed by atoms with van der Waals surface area (Å²) in [7, 11) is 0. The first-order valence-electron chi connectivity index (χ1n) is 8.16. The van der Waals surface area contributed by atoms with E-state index in [0.717, 1.165) is 16.8 Å². The maximum Gasteiger partial charge on any atom is 0.275 e. The Morgan fingerprint density at radius 2 is 1.69 bits per heavy atom. The van der Waals surface area contributed by atoms with Crippen molar-refractivity contribution in [3.8, 4) is 0 Å². The van der Waals surface area contributed by atoms with E-state index in [1.54, 1.807) is 0 Å². The molecule has 1 heterocycles. The van der Waals surface area contributed by atoms with Crippen LogP contribution < -0.4 is 10.6 Å². The molecule has 0 aliphatic rings. The van der Waals surface area contributed by atoms with Gasteiger partial charge in [0.2, 0.25) is 0 Å². The van der Waals surface area contributed by atoms with Crippen molar-refractivity contribution in [2.75, 3.05) is 10.6 Å². The first-order valence-corrected chi connectivity index (χ1v) is 8.54. The molecule has 0 aliphatic carbocycles. The number of halogens is 1. The van der Waals surface area contributed by atoms with Crippen LogP contribution in [0.1, 0.15) is 27.2 Å². The number of carbonyl (C=O) groups excluding carboxylic acids is 1. The number of aryl methyl sites for hydroxylation is 3. The topological polar surface area (TPSA) is 66.9 Å². The smallest absolute Gasteiger partial charge is 0.275 e. The number of rotatable bonds is 4. The van der Waals surface area contributed by atoms with E-state index in [-0.39, 0.29) is 11.6 Å². The molecule has 0 radical (unpaired) electrons. The zero-order chi connectivity index (χ0) is 18.7. The van der Waals surface area contributed by atoms with Gasteiger partial charge in [0.25, 0.3) is 5.91 Å². The van der Waals surface area contributed by atoms with E-state index < -0.39 is 0 Å². The third-order valence-electron chi connectivity index (χ3n) is 3.88. The fourth-order valence-electron chi connectivity index (χ4n) is 2.55. The first kappa shape index (κ1) is 17.9. The number of aromatic nitrogens is 2. The van der Waals surface area contributed by atoms with Gasteiger partial charge in [-0.3, -0.25) is 4.79 Å². The summed E-state index contributed by atoms with van der Waals surface area (Å²) in [6.07, 6.45) is 2.96. The van der Waals surface area contributed by atoms with E-state index in [1.165, 1.54) is 18.0 Å². The Morgan fingerprint density at radius 1 is 0.962 bits per heavy atom. The molecule has 1 aromatic heterocycles. The molecule has 0 bridgehead atoms. The minimum atomic E-state index is -0.353. The van der Waals surface area contributed by atoms with Gasteiger partial charge in [0, 0.05) is 5.69 Å². The highest BCUT2D eigenvalue weighted by atomic mass is 35.5. The van der Waals surface area contributed by atoms with Gasteiger partial charge in [-0.25, -0.2) is 9.97 Å². The Bertz CT molecular complexity index is 914. The van der Waals surface area contributed by atoms with Crippen molar-refractivity contribution in [2.45, 2.75) is 20.8 Å². The van der Waals surface area contributed by atoms with E-state index in [4.69, 9.17) is 11.6 Å². The number of benzene rings is 2. The number of amides is 1. The Morgan fingerprint density at radius 3 is 2.31 bits per heavy atom. The number of hydrogen-bond acceptors (Lipinski definition) is 4. The molecule has 5 nitrogen and oxygen atoms in total. The first-order chi connectivity index (χ1) is 12.4. The molecule has 6 heteroatoms. The van der Waals surface area contributed by atoms with Crippen LogP contribution in [-0.4, -0.2) is 15.9 Å². The molecule has 0 spiro atoms. The molecule has 1 amide bonds. The third kappa shape index (κ3) is 4.18. The van der Waals surface area contributed by atoms with Crippen molar-refractivity contribution in [3.05, 3.63) is 76.2 Å². The molecule has 132 valence electrons. The van der Waals surface area contributed by atoms with Crippen molar-refractivity contribution in [2.24, 2.45) is 0 Å². The SMILES string of the molecule is Cc1ccc(Nc2cnc(C(=O)Nc3c(C)cc(C)cc3Cl)cn2)cc1. The van der Waals surface area contributed by atoms with Gasteiger partial charge in [-0.1, -0.05) is 35.4 Å². The Labute approximate surface area is 157 Å². The maximum atomic E-state index is 12.4. The molecular formula is C20H19ClN4O. The molecule has 2 N–H and O–H groups in total. The number of nitrogens with one attached hydrogen (secondary N) is 2. The highest BCUT2D eigenvalue weighted by Crippen LogP contribution is 2.27. The average molecular weight is 367 g/mol. The highest BCUT2D eigenvalue weighted by molar-refractivity contribution is 6.34. The molecule has 0 fully saturated rings. The molecule has 3 aromatic rings. The summed E-state index contributed by atoms with van der Waals surface area (Å²) in [5, 5.41) is 6.45. The van der Waals surface area contributed by atoms with Gasteiger partial charge in [-0.15, -0.1) is 0 Å². The van der Waals surface area contributed by atoms with Crippen molar-refractivity contribution in [1.82, 2.24) is 9.97 Å². The van der Waals surface area contributed by atoms with Gasteiger partial charge in [0.05, 0.1) is 23.1 Å². The van der Waals surface area contributed by atoms with Gasteiger partial charge < -0.3 is 10.6 Å². The van der Waals surface area contributed by atoms with Crippen LogP contribution in [0.3, 0.4) is 0 Å². The molecule has 0 saturated carbocycles. The van der Waals surface area contributed by atoms with E-state index in [2.05, 4.69) is 20.6 Å². The summed E-state index contributed by atoms with van der Waals surface area (Å²) in [4.78, 5) is 20.9. The standard InChI is InChI=1S/C20H19ClN4O/c1-12-4-6-15(7-5-12)24-18-11-22-17(10-23-18)20(26)25-19-14(3)8-13(2)9-16(19)21/h4-11H,1-3H3,(H,23,24)(H,25,26). The molecule has 3 rings (SSSR count). The van der Waals surface area contributed by atoms with Crippen LogP contribution >= 0.6 is 11.6 Å². The number of anilines is 3. The third-order valence-corrected chi connectivity index (χ3v) is 4.18. The average Bonchev–Trinajstić information content (AvgIpc) is 2.60. The lowest BCUT2D eigenvalue weighted by Gasteiger charge is -2.11. The second kappa shape index (κ2) is 7.54. The summed E-state index contributed by atoms with van der Waals surface area (Å²) in [5.74, 6) is 0.211. The number of hydrogen-bond donors (Lipinski definition) is 2. The summed E-state index contributed by atoms with van der Waals surface area (Å²) in [6.45, 7) is 5.88. The Balaban J connectivity index is 1.72. The quantitative estimate of drug-likeness (QED) is 0.678. The van der Waals surface area contributed by atoms with Crippen LogP contribution in [0.2, 0.25) is 5.02 Å². The van der Waals surface area contributed by atoms with Crippen LogP contribution in [0.4, 0.5) is 17.2 Å². The largest absolute Gasteiger partial charge is 0.339 e. The van der Waals surface area contributed by atoms with Gasteiger partial charge in [0.1, 0.15) is 11.5 Å². The summed E-state index contributed by atoms with van der Waals surface area (Å²) in [6, 6.07) is 11.7. The summed E-state index contributed by atoms with van der Waals surface area (Å²) < 4.78 is 0. The van der Waals surface area contributed by atoms with Crippen molar-refractivity contribution < 1.29 is 4.79 Å². The van der Waals surface area contributed by atoms with E-state index in [1.807, 2.05) is 57.2 Å². The van der Waals surface area contributed by atoms with E-state index >= 15 is 0 Å². The van der Waals surface area contributed by atoms with Gasteiger partial charge in [0.15, 0.2) is 0 Å². The zero-order valence-electron chi connectivity index (χ0n) is 14.8. The van der Waals surface area contributed by atoms with Crippen LogP contribution in [0, 0.1) is 20.8 Å². The van der Waals surface area contributed by atoms with Crippen LogP contribution in [0.25, 0.3) is 0 Å². The van der Waals surface area contributed by atoms with Crippen molar-refractivity contribution in [3.63, 3.8) is 0 Å². The van der Waals surface area contributed by atoms with Gasteiger partial charge in [-0.2, -0.15) is 0 Å². The van der Waals surface area contributed by atoms with Gasteiger partial charge in [-0.05, 0) is 50.1 Å². The fraction of sp³-hybridized carbons (Fsp3) is 0.150. The Kier molecular flexibility index (Phi) is 5.19. The number of carbonyl (C=O) groups is 1. The summed E-state index contributed by atoms with van der Waals surface area (Å²) >= 11 is 6.23. The molecule has 0 aliphatic heterocycles. The molecule has 2 aromatic carbocycles. The normalized spacial score (nSPS) is 10.5. The summed E-state index contributed by atoms with van der Waals surface area (Å²) in [5.41, 5.74) is 4.83. The predicted octanol–water partition coefficient (Wildman–Crippen LogP) is 5.05. The number of nitrogens with zero attached hydrogens (tertiary/aromatic N) is 2. The molecule has 0 unspecified atom stereocenters. The zero-order valence-corrected chi connectivity index (χ0v) is 15.6. The second-order valence-electron chi connectivity index (χ2n) is 6.17. The van der Waals surface area contributed by atoms with Crippen LogP contribution in [-0.2, 0) is 0 Å². The van der Waals surface area contributed by atoms with Crippen molar-refractivity contribution >= 4 is 34.7 Å². The van der Waals surface area contributed by atoms with E-state index in [0.29, 0.717) is 16.5 Å². The van der Waals surface area contributed by atoms with Crippen LogP contribution in [0.15, 0.2) is 48.8 Å². The fourth-order valence-corrected chi connectivity index (χ4v) is 2.91. The van der Waals surface area contributed by atoms with Crippen LogP contribution in [0.5, 0.6) is 0 Å². The lowest BCUT2D eigenvalue weighted by molar-refractivity contribution is 0.102. The minimum absolute atomic E-state index is 0.218. The van der Waals surface area contributed by atoms with Gasteiger partial charge >= 0.3 is 0 Å².